The smallest absolute Gasteiger partial charge is 0.167 e. The van der Waals surface area contributed by atoms with E-state index in [0.29, 0.717) is 0 Å². The number of nitrogens with one attached hydrogen (secondary N) is 1. The van der Waals surface area contributed by atoms with Gasteiger partial charge in [-0.2, -0.15) is 0 Å². The van der Waals surface area contributed by atoms with Crippen molar-refractivity contribution >= 4 is 34.1 Å². The second-order valence-electron chi connectivity index (χ2n) is 5.14. The van der Waals surface area contributed by atoms with Crippen molar-refractivity contribution in [3.8, 4) is 0 Å². The Balaban J connectivity index is 1.92. The molecule has 0 aliphatic carbocycles. The number of benzene rings is 1. The summed E-state index contributed by atoms with van der Waals surface area (Å²) in [6.07, 6.45) is 0.954. The number of hydrogen-bond acceptors (Lipinski definition) is 4. The maximum absolute atomic E-state index is 6.36. The van der Waals surface area contributed by atoms with Gasteiger partial charge >= 0.3 is 0 Å². The molecule has 0 spiro atoms. The summed E-state index contributed by atoms with van der Waals surface area (Å²) < 4.78 is 0. The molecule has 0 amide bonds. The van der Waals surface area contributed by atoms with Crippen molar-refractivity contribution in [3.05, 3.63) is 46.2 Å². The highest BCUT2D eigenvalue weighted by Gasteiger charge is 2.24. The van der Waals surface area contributed by atoms with Gasteiger partial charge in [-0.1, -0.05) is 30.8 Å². The molecule has 3 aromatic rings. The van der Waals surface area contributed by atoms with E-state index in [-0.39, 0.29) is 11.3 Å². The minimum Gasteiger partial charge on any atom is -0.333 e. The zero-order chi connectivity index (χ0) is 14.8. The van der Waals surface area contributed by atoms with Gasteiger partial charge in [-0.25, -0.2) is 4.98 Å². The number of hydrogen-bond donors (Lipinski definition) is 2. The molecule has 3 N–H and O–H groups in total. The second-order valence-corrected chi connectivity index (χ2v) is 7.22. The van der Waals surface area contributed by atoms with Crippen LogP contribution in [0.2, 0.25) is 0 Å². The molecule has 2 atom stereocenters. The second kappa shape index (κ2) is 6.22. The zero-order valence-corrected chi connectivity index (χ0v) is 13.8. The molecule has 0 saturated heterocycles. The van der Waals surface area contributed by atoms with Crippen LogP contribution < -0.4 is 5.73 Å². The van der Waals surface area contributed by atoms with Gasteiger partial charge in [-0.3, -0.25) is 0 Å². The average Bonchev–Trinajstić information content (AvgIpc) is 3.09. The fraction of sp³-hybridized carbons (Fsp3) is 0.312. The van der Waals surface area contributed by atoms with E-state index in [1.54, 1.807) is 23.1 Å². The lowest BCUT2D eigenvalue weighted by Gasteiger charge is -2.21. The highest BCUT2D eigenvalue weighted by molar-refractivity contribution is 7.99. The third-order valence-electron chi connectivity index (χ3n) is 3.63. The maximum atomic E-state index is 6.36. The van der Waals surface area contributed by atoms with E-state index in [9.17, 15) is 0 Å². The Morgan fingerprint density at radius 3 is 2.81 bits per heavy atom. The Morgan fingerprint density at radius 1 is 1.33 bits per heavy atom. The number of imidazole rings is 1. The molecule has 0 aliphatic heterocycles. The lowest BCUT2D eigenvalue weighted by atomic mass is 10.1. The molecule has 0 bridgehead atoms. The Hall–Kier alpha value is -1.30. The van der Waals surface area contributed by atoms with Crippen molar-refractivity contribution in [1.82, 2.24) is 9.97 Å². The van der Waals surface area contributed by atoms with Crippen molar-refractivity contribution in [2.75, 3.05) is 0 Å². The van der Waals surface area contributed by atoms with Gasteiger partial charge in [0.2, 0.25) is 0 Å². The monoisotopic (exact) mass is 317 g/mol. The fourth-order valence-electron chi connectivity index (χ4n) is 2.33. The first kappa shape index (κ1) is 14.6. The molecule has 5 heteroatoms. The summed E-state index contributed by atoms with van der Waals surface area (Å²) in [6, 6.07) is 10.4. The number of rotatable bonds is 5. The Labute approximate surface area is 133 Å². The number of para-hydroxylation sites is 2. The average molecular weight is 317 g/mol. The molecule has 2 unspecified atom stereocenters. The van der Waals surface area contributed by atoms with Crippen molar-refractivity contribution < 1.29 is 0 Å². The predicted octanol–water partition coefficient (Wildman–Crippen LogP) is 4.50. The normalized spacial score (nSPS) is 14.4. The van der Waals surface area contributed by atoms with Gasteiger partial charge in [0.1, 0.15) is 0 Å². The first-order valence-electron chi connectivity index (χ1n) is 7.10. The molecule has 0 fully saturated rings. The zero-order valence-electron chi connectivity index (χ0n) is 12.2. The van der Waals surface area contributed by atoms with Crippen molar-refractivity contribution in [2.45, 2.75) is 36.7 Å². The van der Waals surface area contributed by atoms with Crippen LogP contribution in [0.4, 0.5) is 0 Å². The number of fused-ring (bicyclic) bond motifs is 1. The summed E-state index contributed by atoms with van der Waals surface area (Å²) in [5.74, 6) is 0. The van der Waals surface area contributed by atoms with Gasteiger partial charge in [0.15, 0.2) is 5.16 Å². The van der Waals surface area contributed by atoms with Crippen molar-refractivity contribution in [1.29, 1.82) is 0 Å². The highest BCUT2D eigenvalue weighted by atomic mass is 32.2. The third kappa shape index (κ3) is 3.00. The van der Waals surface area contributed by atoms with Crippen molar-refractivity contribution in [2.24, 2.45) is 5.73 Å². The van der Waals surface area contributed by atoms with E-state index in [4.69, 9.17) is 5.73 Å². The van der Waals surface area contributed by atoms with Gasteiger partial charge in [0, 0.05) is 10.9 Å². The van der Waals surface area contributed by atoms with Crippen LogP contribution in [-0.4, -0.2) is 16.0 Å². The van der Waals surface area contributed by atoms with Crippen LogP contribution in [0, 0.1) is 6.92 Å². The number of thiophene rings is 1. The van der Waals surface area contributed by atoms with Crippen LogP contribution in [0.25, 0.3) is 11.0 Å². The minimum absolute atomic E-state index is 0.126. The van der Waals surface area contributed by atoms with Crippen LogP contribution >= 0.6 is 23.1 Å². The summed E-state index contributed by atoms with van der Waals surface area (Å²) in [6.45, 7) is 4.29. The molecule has 0 aliphatic rings. The van der Waals surface area contributed by atoms with E-state index in [0.717, 1.165) is 22.6 Å². The molecular formula is C16H19N3S2. The topological polar surface area (TPSA) is 54.7 Å². The fourth-order valence-corrected chi connectivity index (χ4v) is 4.84. The van der Waals surface area contributed by atoms with Crippen LogP contribution in [0.5, 0.6) is 0 Å². The molecule has 110 valence electrons. The number of thioether (sulfide) groups is 1. The number of nitrogens with two attached hydrogens (primary N) is 1. The number of aromatic amines is 1. The number of H-pyrrole nitrogens is 1. The summed E-state index contributed by atoms with van der Waals surface area (Å²) in [5.41, 5.74) is 9.76. The molecule has 2 heterocycles. The highest BCUT2D eigenvalue weighted by Crippen LogP contribution is 2.41. The van der Waals surface area contributed by atoms with Crippen LogP contribution in [-0.2, 0) is 0 Å². The number of nitrogens with zero attached hydrogens (tertiary/aromatic N) is 1. The van der Waals surface area contributed by atoms with Gasteiger partial charge < -0.3 is 10.7 Å². The molecular weight excluding hydrogens is 298 g/mol. The van der Waals surface area contributed by atoms with E-state index in [1.807, 2.05) is 18.2 Å². The lowest BCUT2D eigenvalue weighted by Crippen LogP contribution is -2.25. The van der Waals surface area contributed by atoms with Crippen LogP contribution in [0.3, 0.4) is 0 Å². The van der Waals surface area contributed by atoms with Gasteiger partial charge in [0.25, 0.3) is 0 Å². The summed E-state index contributed by atoms with van der Waals surface area (Å²) >= 11 is 3.52. The van der Waals surface area contributed by atoms with E-state index >= 15 is 0 Å². The standard InChI is InChI=1S/C16H19N3S2/c1-3-11(17)15(14-10(2)8-9-20-14)21-16-18-12-6-4-5-7-13(12)19-16/h4-9,11,15H,3,17H2,1-2H3,(H,18,19). The van der Waals surface area contributed by atoms with Crippen LogP contribution in [0.15, 0.2) is 40.9 Å². The first-order chi connectivity index (χ1) is 10.2. The maximum Gasteiger partial charge on any atom is 0.167 e. The predicted molar refractivity (Wildman–Crippen MR) is 92.0 cm³/mol. The van der Waals surface area contributed by atoms with E-state index in [1.165, 1.54) is 10.4 Å². The van der Waals surface area contributed by atoms with Gasteiger partial charge in [0.05, 0.1) is 16.3 Å². The van der Waals surface area contributed by atoms with Crippen molar-refractivity contribution in [3.63, 3.8) is 0 Å². The van der Waals surface area contributed by atoms with Gasteiger partial charge in [-0.15, -0.1) is 11.3 Å². The summed E-state index contributed by atoms with van der Waals surface area (Å²) in [7, 11) is 0. The van der Waals surface area contributed by atoms with Crippen LogP contribution in [0.1, 0.15) is 29.0 Å². The SMILES string of the molecule is CCC(N)C(Sc1nc2ccccc2[nH]1)c1sccc1C. The molecule has 0 saturated carbocycles. The Bertz CT molecular complexity index is 699. The molecule has 2 aromatic heterocycles. The largest absolute Gasteiger partial charge is 0.333 e. The molecule has 0 radical (unpaired) electrons. The van der Waals surface area contributed by atoms with E-state index < -0.39 is 0 Å². The number of aromatic nitrogens is 2. The van der Waals surface area contributed by atoms with E-state index in [2.05, 4.69) is 41.3 Å². The minimum atomic E-state index is 0.126. The summed E-state index contributed by atoms with van der Waals surface area (Å²) in [5, 5.41) is 3.33. The molecule has 3 nitrogen and oxygen atoms in total. The lowest BCUT2D eigenvalue weighted by molar-refractivity contribution is 0.637. The Kier molecular flexibility index (Phi) is 4.33. The third-order valence-corrected chi connectivity index (χ3v) is 6.13. The quantitative estimate of drug-likeness (QED) is 0.681. The summed E-state index contributed by atoms with van der Waals surface area (Å²) in [4.78, 5) is 9.41. The molecule has 3 rings (SSSR count). The number of aryl methyl sites for hydroxylation is 1. The Morgan fingerprint density at radius 2 is 2.14 bits per heavy atom. The first-order valence-corrected chi connectivity index (χ1v) is 8.86. The molecule has 1 aromatic carbocycles. The molecule has 21 heavy (non-hydrogen) atoms. The van der Waals surface area contributed by atoms with Gasteiger partial charge in [-0.05, 0) is 42.5 Å².